The Kier molecular flexibility index (Phi) is 5.00. The van der Waals surface area contributed by atoms with E-state index in [0.717, 1.165) is 36.9 Å². The topological polar surface area (TPSA) is 58.4 Å². The first-order valence-electron chi connectivity index (χ1n) is 8.59. The summed E-state index contributed by atoms with van der Waals surface area (Å²) in [7, 11) is 1.87. The molecule has 1 N–H and O–H groups in total. The molecule has 0 spiro atoms. The molecule has 1 aliphatic carbocycles. The molecule has 0 unspecified atom stereocenters. The van der Waals surface area contributed by atoms with Crippen molar-refractivity contribution in [3.63, 3.8) is 0 Å². The van der Waals surface area contributed by atoms with Crippen LogP contribution in [-0.2, 0) is 0 Å². The second kappa shape index (κ2) is 7.18. The summed E-state index contributed by atoms with van der Waals surface area (Å²) in [6, 6.07) is 8.24. The second-order valence-electron chi connectivity index (χ2n) is 6.73. The Balaban J connectivity index is 1.71. The lowest BCUT2D eigenvalue weighted by Gasteiger charge is -2.34. The van der Waals surface area contributed by atoms with Gasteiger partial charge in [-0.1, -0.05) is 18.2 Å². The SMILES string of the molecule is Cc1ccccc1-n1cc(C(=O)N(C)C2CCC(CO)CC2)cn1. The number of amides is 1. The lowest BCUT2D eigenvalue weighted by Crippen LogP contribution is -2.39. The average Bonchev–Trinajstić information content (AvgIpc) is 3.11. The minimum Gasteiger partial charge on any atom is -0.396 e. The number of aliphatic hydroxyl groups is 1. The van der Waals surface area contributed by atoms with Crippen molar-refractivity contribution in [3.8, 4) is 5.69 Å². The van der Waals surface area contributed by atoms with E-state index in [1.807, 2.05) is 43.1 Å². The third-order valence-electron chi connectivity index (χ3n) is 5.13. The smallest absolute Gasteiger partial charge is 0.257 e. The number of para-hydroxylation sites is 1. The Morgan fingerprint density at radius 2 is 2.00 bits per heavy atom. The molecule has 1 fully saturated rings. The fraction of sp³-hybridized carbons (Fsp3) is 0.474. The van der Waals surface area contributed by atoms with Crippen LogP contribution in [0.2, 0.25) is 0 Å². The maximum atomic E-state index is 12.7. The molecule has 0 saturated heterocycles. The number of hydrogen-bond donors (Lipinski definition) is 1. The molecular formula is C19H25N3O2. The zero-order valence-corrected chi connectivity index (χ0v) is 14.4. The molecule has 1 aromatic carbocycles. The van der Waals surface area contributed by atoms with E-state index in [4.69, 9.17) is 0 Å². The van der Waals surface area contributed by atoms with E-state index in [1.165, 1.54) is 0 Å². The normalized spacial score (nSPS) is 20.8. The van der Waals surface area contributed by atoms with Crippen LogP contribution >= 0.6 is 0 Å². The maximum Gasteiger partial charge on any atom is 0.257 e. The Morgan fingerprint density at radius 1 is 1.29 bits per heavy atom. The van der Waals surface area contributed by atoms with Crippen molar-refractivity contribution in [2.24, 2.45) is 5.92 Å². The number of aryl methyl sites for hydroxylation is 1. The standard InChI is InChI=1S/C19H25N3O2/c1-14-5-3-4-6-18(14)22-12-16(11-20-22)19(24)21(2)17-9-7-15(13-23)8-10-17/h3-6,11-12,15,17,23H,7-10,13H2,1-2H3. The van der Waals surface area contributed by atoms with Crippen molar-refractivity contribution in [3.05, 3.63) is 47.8 Å². The molecule has 5 nitrogen and oxygen atoms in total. The summed E-state index contributed by atoms with van der Waals surface area (Å²) < 4.78 is 1.76. The van der Waals surface area contributed by atoms with Crippen molar-refractivity contribution >= 4 is 5.91 Å². The van der Waals surface area contributed by atoms with Gasteiger partial charge in [0.1, 0.15) is 0 Å². The third-order valence-corrected chi connectivity index (χ3v) is 5.13. The highest BCUT2D eigenvalue weighted by molar-refractivity contribution is 5.93. The van der Waals surface area contributed by atoms with Gasteiger partial charge in [-0.15, -0.1) is 0 Å². The minimum absolute atomic E-state index is 0.0160. The molecular weight excluding hydrogens is 302 g/mol. The summed E-state index contributed by atoms with van der Waals surface area (Å²) in [6.07, 6.45) is 7.34. The van der Waals surface area contributed by atoms with Gasteiger partial charge >= 0.3 is 0 Å². The number of hydrogen-bond acceptors (Lipinski definition) is 3. The van der Waals surface area contributed by atoms with E-state index < -0.39 is 0 Å². The van der Waals surface area contributed by atoms with Gasteiger partial charge in [0.2, 0.25) is 0 Å². The van der Waals surface area contributed by atoms with Crippen molar-refractivity contribution in [1.29, 1.82) is 0 Å². The summed E-state index contributed by atoms with van der Waals surface area (Å²) in [5, 5.41) is 13.6. The highest BCUT2D eigenvalue weighted by Crippen LogP contribution is 2.27. The van der Waals surface area contributed by atoms with Gasteiger partial charge < -0.3 is 10.0 Å². The zero-order valence-electron chi connectivity index (χ0n) is 14.4. The first kappa shape index (κ1) is 16.7. The number of carbonyl (C=O) groups is 1. The summed E-state index contributed by atoms with van der Waals surface area (Å²) >= 11 is 0. The molecule has 0 atom stereocenters. The molecule has 128 valence electrons. The lowest BCUT2D eigenvalue weighted by atomic mass is 9.86. The summed E-state index contributed by atoms with van der Waals surface area (Å²) in [4.78, 5) is 14.6. The molecule has 0 radical (unpaired) electrons. The molecule has 0 aliphatic heterocycles. The molecule has 1 aliphatic rings. The van der Waals surface area contributed by atoms with Crippen LogP contribution in [-0.4, -0.2) is 45.4 Å². The first-order valence-corrected chi connectivity index (χ1v) is 8.59. The summed E-state index contributed by atoms with van der Waals surface area (Å²) in [5.74, 6) is 0.413. The molecule has 2 aromatic rings. The van der Waals surface area contributed by atoms with Crippen LogP contribution in [0.5, 0.6) is 0 Å². The number of nitrogens with zero attached hydrogens (tertiary/aromatic N) is 3. The second-order valence-corrected chi connectivity index (χ2v) is 6.73. The Hall–Kier alpha value is -2.14. The van der Waals surface area contributed by atoms with E-state index >= 15 is 0 Å². The highest BCUT2D eigenvalue weighted by Gasteiger charge is 2.27. The van der Waals surface area contributed by atoms with Crippen LogP contribution in [0.25, 0.3) is 5.69 Å². The van der Waals surface area contributed by atoms with Crippen LogP contribution in [0.15, 0.2) is 36.7 Å². The van der Waals surface area contributed by atoms with Crippen molar-refractivity contribution in [2.45, 2.75) is 38.6 Å². The minimum atomic E-state index is 0.0160. The fourth-order valence-electron chi connectivity index (χ4n) is 3.47. The van der Waals surface area contributed by atoms with E-state index in [0.29, 0.717) is 11.5 Å². The predicted octanol–water partition coefficient (Wildman–Crippen LogP) is 2.80. The third kappa shape index (κ3) is 3.36. The van der Waals surface area contributed by atoms with Gasteiger partial charge in [-0.2, -0.15) is 5.10 Å². The fourth-order valence-corrected chi connectivity index (χ4v) is 3.47. The van der Waals surface area contributed by atoms with E-state index in [2.05, 4.69) is 5.10 Å². The Bertz CT molecular complexity index is 702. The van der Waals surface area contributed by atoms with Gasteiger partial charge in [0, 0.05) is 25.9 Å². The quantitative estimate of drug-likeness (QED) is 0.939. The predicted molar refractivity (Wildman–Crippen MR) is 93.2 cm³/mol. The molecule has 1 aromatic heterocycles. The Labute approximate surface area is 142 Å². The van der Waals surface area contributed by atoms with E-state index in [-0.39, 0.29) is 18.6 Å². The number of benzene rings is 1. The average molecular weight is 327 g/mol. The van der Waals surface area contributed by atoms with Crippen molar-refractivity contribution in [1.82, 2.24) is 14.7 Å². The first-order chi connectivity index (χ1) is 11.6. The largest absolute Gasteiger partial charge is 0.396 e. The molecule has 3 rings (SSSR count). The van der Waals surface area contributed by atoms with E-state index in [9.17, 15) is 9.90 Å². The molecule has 1 heterocycles. The van der Waals surface area contributed by atoms with Gasteiger partial charge in [0.05, 0.1) is 17.4 Å². The van der Waals surface area contributed by atoms with E-state index in [1.54, 1.807) is 17.1 Å². The van der Waals surface area contributed by atoms with Gasteiger partial charge in [0.25, 0.3) is 5.91 Å². The highest BCUT2D eigenvalue weighted by atomic mass is 16.3. The number of rotatable bonds is 4. The van der Waals surface area contributed by atoms with Crippen LogP contribution < -0.4 is 0 Å². The molecule has 0 bridgehead atoms. The van der Waals surface area contributed by atoms with Gasteiger partial charge in [-0.05, 0) is 50.2 Å². The zero-order chi connectivity index (χ0) is 17.1. The maximum absolute atomic E-state index is 12.7. The monoisotopic (exact) mass is 327 g/mol. The molecule has 1 amide bonds. The lowest BCUT2D eigenvalue weighted by molar-refractivity contribution is 0.0653. The molecule has 24 heavy (non-hydrogen) atoms. The number of carbonyl (C=O) groups excluding carboxylic acids is 1. The number of aliphatic hydroxyl groups excluding tert-OH is 1. The van der Waals surface area contributed by atoms with Crippen molar-refractivity contribution in [2.75, 3.05) is 13.7 Å². The van der Waals surface area contributed by atoms with Crippen LogP contribution in [0.1, 0.15) is 41.6 Å². The van der Waals surface area contributed by atoms with Crippen LogP contribution in [0.3, 0.4) is 0 Å². The van der Waals surface area contributed by atoms with Gasteiger partial charge in [-0.3, -0.25) is 4.79 Å². The molecule has 5 heteroatoms. The summed E-state index contributed by atoms with van der Waals surface area (Å²) in [6.45, 7) is 2.29. The van der Waals surface area contributed by atoms with Crippen LogP contribution in [0.4, 0.5) is 0 Å². The molecule has 1 saturated carbocycles. The summed E-state index contributed by atoms with van der Waals surface area (Å²) in [5.41, 5.74) is 2.72. The van der Waals surface area contributed by atoms with Crippen molar-refractivity contribution < 1.29 is 9.90 Å². The Morgan fingerprint density at radius 3 is 2.67 bits per heavy atom. The number of aromatic nitrogens is 2. The van der Waals surface area contributed by atoms with Gasteiger partial charge in [-0.25, -0.2) is 4.68 Å². The van der Waals surface area contributed by atoms with Crippen LogP contribution in [0, 0.1) is 12.8 Å². The van der Waals surface area contributed by atoms with Gasteiger partial charge in [0.15, 0.2) is 0 Å².